The number of nitrogens with zero attached hydrogens (tertiary/aromatic N) is 4. The molecule has 1 fully saturated rings. The van der Waals surface area contributed by atoms with Gasteiger partial charge in [-0.25, -0.2) is 4.98 Å². The van der Waals surface area contributed by atoms with E-state index in [1.54, 1.807) is 0 Å². The second-order valence-electron chi connectivity index (χ2n) is 5.34. The highest BCUT2D eigenvalue weighted by atomic mass is 16.5. The Labute approximate surface area is 127 Å². The van der Waals surface area contributed by atoms with Crippen LogP contribution in [0.15, 0.2) is 0 Å². The predicted octanol–water partition coefficient (Wildman–Crippen LogP) is 1.20. The molecule has 1 saturated heterocycles. The lowest BCUT2D eigenvalue weighted by Gasteiger charge is -2.35. The maximum absolute atomic E-state index is 5.61. The third-order valence-corrected chi connectivity index (χ3v) is 3.79. The summed E-state index contributed by atoms with van der Waals surface area (Å²) in [6, 6.07) is 0.282. The standard InChI is InChI=1S/C15H27N5O/c1-4-7-16-10-12-11-21-9-8-20(12)15-17-13(5-2)14(6-3)18-19-15/h12,16H,4-11H2,1-3H3. The monoisotopic (exact) mass is 293 g/mol. The van der Waals surface area contributed by atoms with Crippen molar-refractivity contribution in [2.45, 2.75) is 46.1 Å². The Kier molecular flexibility index (Phi) is 6.32. The maximum atomic E-state index is 5.61. The minimum atomic E-state index is 0.282. The molecule has 6 heteroatoms. The van der Waals surface area contributed by atoms with Crippen LogP contribution in [0.1, 0.15) is 38.6 Å². The van der Waals surface area contributed by atoms with E-state index >= 15 is 0 Å². The van der Waals surface area contributed by atoms with Crippen LogP contribution < -0.4 is 10.2 Å². The minimum absolute atomic E-state index is 0.282. The van der Waals surface area contributed by atoms with Crippen molar-refractivity contribution in [2.24, 2.45) is 0 Å². The summed E-state index contributed by atoms with van der Waals surface area (Å²) in [5.41, 5.74) is 2.07. The molecule has 1 N–H and O–H groups in total. The molecule has 1 aliphatic heterocycles. The van der Waals surface area contributed by atoms with Gasteiger partial charge in [0.15, 0.2) is 0 Å². The van der Waals surface area contributed by atoms with Crippen LogP contribution in [0, 0.1) is 0 Å². The first-order valence-electron chi connectivity index (χ1n) is 8.07. The molecule has 6 nitrogen and oxygen atoms in total. The molecule has 0 aliphatic carbocycles. The van der Waals surface area contributed by atoms with Crippen molar-refractivity contribution in [1.29, 1.82) is 0 Å². The number of morpholine rings is 1. The van der Waals surface area contributed by atoms with Crippen LogP contribution in [-0.2, 0) is 17.6 Å². The molecular weight excluding hydrogens is 266 g/mol. The molecule has 0 spiro atoms. The van der Waals surface area contributed by atoms with Crippen LogP contribution in [0.3, 0.4) is 0 Å². The Balaban J connectivity index is 2.12. The fourth-order valence-corrected chi connectivity index (χ4v) is 2.58. The van der Waals surface area contributed by atoms with Gasteiger partial charge in [0, 0.05) is 13.1 Å². The molecule has 1 aromatic heterocycles. The summed E-state index contributed by atoms with van der Waals surface area (Å²) in [7, 11) is 0. The zero-order chi connectivity index (χ0) is 15.1. The van der Waals surface area contributed by atoms with Crippen LogP contribution in [0.25, 0.3) is 0 Å². The van der Waals surface area contributed by atoms with Crippen LogP contribution in [0.2, 0.25) is 0 Å². The number of hydrogen-bond acceptors (Lipinski definition) is 6. The SMILES string of the molecule is CCCNCC1COCCN1c1nnc(CC)c(CC)n1. The second-order valence-corrected chi connectivity index (χ2v) is 5.34. The zero-order valence-electron chi connectivity index (χ0n) is 13.4. The molecule has 1 aliphatic rings. The smallest absolute Gasteiger partial charge is 0.246 e. The number of hydrogen-bond donors (Lipinski definition) is 1. The molecule has 0 bridgehead atoms. The van der Waals surface area contributed by atoms with Crippen LogP contribution in [0.4, 0.5) is 5.95 Å². The first-order chi connectivity index (χ1) is 10.3. The third-order valence-electron chi connectivity index (χ3n) is 3.79. The molecule has 2 heterocycles. The van der Waals surface area contributed by atoms with E-state index in [0.717, 1.165) is 69.4 Å². The Hall–Kier alpha value is -1.27. The van der Waals surface area contributed by atoms with Gasteiger partial charge in [-0.1, -0.05) is 20.8 Å². The van der Waals surface area contributed by atoms with Crippen LogP contribution in [0.5, 0.6) is 0 Å². The van der Waals surface area contributed by atoms with E-state index in [1.165, 1.54) is 0 Å². The van der Waals surface area contributed by atoms with Gasteiger partial charge < -0.3 is 15.0 Å². The summed E-state index contributed by atoms with van der Waals surface area (Å²) in [5, 5.41) is 12.2. The zero-order valence-corrected chi connectivity index (χ0v) is 13.4. The van der Waals surface area contributed by atoms with E-state index in [4.69, 9.17) is 9.72 Å². The Morgan fingerprint density at radius 2 is 2.00 bits per heavy atom. The highest BCUT2D eigenvalue weighted by Gasteiger charge is 2.25. The van der Waals surface area contributed by atoms with Gasteiger partial charge in [0.05, 0.1) is 30.6 Å². The lowest BCUT2D eigenvalue weighted by atomic mass is 10.2. The molecular formula is C15H27N5O. The van der Waals surface area contributed by atoms with Crippen molar-refractivity contribution >= 4 is 5.95 Å². The largest absolute Gasteiger partial charge is 0.377 e. The lowest BCUT2D eigenvalue weighted by Crippen LogP contribution is -2.51. The minimum Gasteiger partial charge on any atom is -0.377 e. The molecule has 0 radical (unpaired) electrons. The molecule has 118 valence electrons. The summed E-state index contributed by atoms with van der Waals surface area (Å²) in [4.78, 5) is 6.97. The Bertz CT molecular complexity index is 440. The summed E-state index contributed by atoms with van der Waals surface area (Å²) < 4.78 is 5.61. The highest BCUT2D eigenvalue weighted by Crippen LogP contribution is 2.16. The average molecular weight is 293 g/mol. The fourth-order valence-electron chi connectivity index (χ4n) is 2.58. The molecule has 21 heavy (non-hydrogen) atoms. The summed E-state index contributed by atoms with van der Waals surface area (Å²) >= 11 is 0. The van der Waals surface area contributed by atoms with Gasteiger partial charge in [0.2, 0.25) is 5.95 Å². The normalized spacial score (nSPS) is 19.0. The van der Waals surface area contributed by atoms with Gasteiger partial charge in [0.1, 0.15) is 0 Å². The number of aromatic nitrogens is 3. The third kappa shape index (κ3) is 4.11. The molecule has 0 aromatic carbocycles. The quantitative estimate of drug-likeness (QED) is 0.762. The Morgan fingerprint density at radius 3 is 2.71 bits per heavy atom. The maximum Gasteiger partial charge on any atom is 0.246 e. The van der Waals surface area contributed by atoms with Crippen LogP contribution in [-0.4, -0.2) is 54.1 Å². The number of anilines is 1. The first kappa shape index (κ1) is 16.1. The summed E-state index contributed by atoms with van der Waals surface area (Å²) in [6.07, 6.45) is 2.92. The molecule has 1 aromatic rings. The average Bonchev–Trinajstić information content (AvgIpc) is 2.55. The van der Waals surface area contributed by atoms with Crippen molar-refractivity contribution in [2.75, 3.05) is 37.7 Å². The molecule has 1 unspecified atom stereocenters. The van der Waals surface area contributed by atoms with E-state index in [0.29, 0.717) is 0 Å². The Morgan fingerprint density at radius 1 is 1.19 bits per heavy atom. The topological polar surface area (TPSA) is 63.2 Å². The summed E-state index contributed by atoms with van der Waals surface area (Å²) in [5.74, 6) is 0.746. The fraction of sp³-hybridized carbons (Fsp3) is 0.800. The van der Waals surface area contributed by atoms with Crippen molar-refractivity contribution in [1.82, 2.24) is 20.5 Å². The number of aryl methyl sites for hydroxylation is 2. The van der Waals surface area contributed by atoms with Gasteiger partial charge in [-0.05, 0) is 25.8 Å². The van der Waals surface area contributed by atoms with Crippen molar-refractivity contribution in [3.05, 3.63) is 11.4 Å². The van der Waals surface area contributed by atoms with E-state index in [1.807, 2.05) is 0 Å². The highest BCUT2D eigenvalue weighted by molar-refractivity contribution is 5.33. The van der Waals surface area contributed by atoms with Crippen molar-refractivity contribution < 1.29 is 4.74 Å². The first-order valence-corrected chi connectivity index (χ1v) is 8.07. The lowest BCUT2D eigenvalue weighted by molar-refractivity contribution is 0.0928. The molecule has 1 atom stereocenters. The van der Waals surface area contributed by atoms with Gasteiger partial charge >= 0.3 is 0 Å². The molecule has 2 rings (SSSR count). The predicted molar refractivity (Wildman–Crippen MR) is 83.7 cm³/mol. The molecule has 0 amide bonds. The number of rotatable bonds is 7. The van der Waals surface area contributed by atoms with E-state index in [9.17, 15) is 0 Å². The second kappa shape index (κ2) is 8.24. The van der Waals surface area contributed by atoms with Crippen LogP contribution >= 0.6 is 0 Å². The summed E-state index contributed by atoms with van der Waals surface area (Å²) in [6.45, 7) is 10.6. The van der Waals surface area contributed by atoms with E-state index in [-0.39, 0.29) is 6.04 Å². The van der Waals surface area contributed by atoms with E-state index < -0.39 is 0 Å². The molecule has 0 saturated carbocycles. The van der Waals surface area contributed by atoms with Gasteiger partial charge in [-0.3, -0.25) is 0 Å². The van der Waals surface area contributed by atoms with E-state index in [2.05, 4.69) is 41.2 Å². The van der Waals surface area contributed by atoms with Gasteiger partial charge in [0.25, 0.3) is 0 Å². The van der Waals surface area contributed by atoms with Gasteiger partial charge in [-0.2, -0.15) is 5.10 Å². The van der Waals surface area contributed by atoms with Crippen molar-refractivity contribution in [3.63, 3.8) is 0 Å². The number of ether oxygens (including phenoxy) is 1. The van der Waals surface area contributed by atoms with Gasteiger partial charge in [-0.15, -0.1) is 5.10 Å². The van der Waals surface area contributed by atoms with Crippen molar-refractivity contribution in [3.8, 4) is 0 Å². The number of nitrogens with one attached hydrogen (secondary N) is 1.